The van der Waals surface area contributed by atoms with E-state index in [4.69, 9.17) is 0 Å². The van der Waals surface area contributed by atoms with Crippen LogP contribution in [0.15, 0.2) is 23.0 Å². The van der Waals surface area contributed by atoms with Crippen LogP contribution in [0, 0.1) is 0 Å². The third-order valence-corrected chi connectivity index (χ3v) is 4.15. The number of H-pyrrole nitrogens is 1. The second-order valence-corrected chi connectivity index (χ2v) is 5.81. The predicted octanol–water partition coefficient (Wildman–Crippen LogP) is 1.26. The van der Waals surface area contributed by atoms with E-state index in [1.54, 1.807) is 24.1 Å². The molecule has 0 aromatic carbocycles. The summed E-state index contributed by atoms with van der Waals surface area (Å²) < 4.78 is 1.83. The van der Waals surface area contributed by atoms with Crippen LogP contribution in [0.1, 0.15) is 40.3 Å². The van der Waals surface area contributed by atoms with Crippen molar-refractivity contribution in [2.75, 3.05) is 7.05 Å². The van der Waals surface area contributed by atoms with Crippen molar-refractivity contribution >= 4 is 5.91 Å². The van der Waals surface area contributed by atoms with E-state index < -0.39 is 0 Å². The molecule has 0 fully saturated rings. The van der Waals surface area contributed by atoms with Crippen LogP contribution < -0.4 is 5.56 Å². The van der Waals surface area contributed by atoms with Crippen molar-refractivity contribution in [2.45, 2.75) is 32.2 Å². The fourth-order valence-corrected chi connectivity index (χ4v) is 3.04. The molecule has 0 radical (unpaired) electrons. The van der Waals surface area contributed by atoms with Crippen molar-refractivity contribution < 1.29 is 4.79 Å². The molecule has 0 saturated heterocycles. The van der Waals surface area contributed by atoms with Crippen molar-refractivity contribution in [1.82, 2.24) is 19.7 Å². The molecule has 116 valence electrons. The Bertz CT molecular complexity index is 760. The number of hydrogen-bond acceptors (Lipinski definition) is 3. The van der Waals surface area contributed by atoms with Gasteiger partial charge in [-0.25, -0.2) is 0 Å². The zero-order chi connectivity index (χ0) is 15.7. The summed E-state index contributed by atoms with van der Waals surface area (Å²) in [5, 5.41) is 4.43. The van der Waals surface area contributed by atoms with Gasteiger partial charge in [0.25, 0.3) is 5.91 Å². The normalized spacial score (nSPS) is 13.7. The first-order chi connectivity index (χ1) is 10.6. The molecule has 6 nitrogen and oxygen atoms in total. The number of aromatic amines is 1. The van der Waals surface area contributed by atoms with Gasteiger partial charge in [-0.15, -0.1) is 0 Å². The SMILES string of the molecule is CN(Cc1cccc(=O)[nH]1)C(=O)c1nn(C)c2c1CCCC2. The topological polar surface area (TPSA) is 71.0 Å². The van der Waals surface area contributed by atoms with Gasteiger partial charge >= 0.3 is 0 Å². The number of nitrogens with zero attached hydrogens (tertiary/aromatic N) is 3. The molecule has 0 saturated carbocycles. The fourth-order valence-electron chi connectivity index (χ4n) is 3.04. The molecule has 0 bridgehead atoms. The molecule has 22 heavy (non-hydrogen) atoms. The Kier molecular flexibility index (Phi) is 3.83. The van der Waals surface area contributed by atoms with Gasteiger partial charge in [-0.05, 0) is 31.7 Å². The van der Waals surface area contributed by atoms with Crippen molar-refractivity contribution in [3.63, 3.8) is 0 Å². The molecule has 2 heterocycles. The lowest BCUT2D eigenvalue weighted by Crippen LogP contribution is -2.28. The predicted molar refractivity (Wildman–Crippen MR) is 82.7 cm³/mol. The molecule has 2 aromatic rings. The first-order valence-electron chi connectivity index (χ1n) is 7.54. The Balaban J connectivity index is 1.83. The minimum absolute atomic E-state index is 0.0940. The van der Waals surface area contributed by atoms with E-state index in [2.05, 4.69) is 10.1 Å². The summed E-state index contributed by atoms with van der Waals surface area (Å²) in [5.41, 5.74) is 3.38. The van der Waals surface area contributed by atoms with E-state index in [-0.39, 0.29) is 11.5 Å². The second kappa shape index (κ2) is 5.79. The summed E-state index contributed by atoms with van der Waals surface area (Å²) in [7, 11) is 3.63. The number of amides is 1. The molecule has 2 aromatic heterocycles. The van der Waals surface area contributed by atoms with Gasteiger partial charge in [0.05, 0.1) is 6.54 Å². The zero-order valence-corrected chi connectivity index (χ0v) is 12.9. The van der Waals surface area contributed by atoms with E-state index in [1.807, 2.05) is 11.7 Å². The molecule has 0 aliphatic heterocycles. The maximum Gasteiger partial charge on any atom is 0.274 e. The van der Waals surface area contributed by atoms with Crippen LogP contribution in [0.25, 0.3) is 0 Å². The van der Waals surface area contributed by atoms with E-state index in [0.717, 1.165) is 31.2 Å². The lowest BCUT2D eigenvalue weighted by molar-refractivity contribution is 0.0775. The number of aryl methyl sites for hydroxylation is 1. The standard InChI is InChI=1S/C16H20N4O2/c1-19(10-11-6-5-9-14(21)17-11)16(22)15-12-7-3-4-8-13(12)20(2)18-15/h5-6,9H,3-4,7-8,10H2,1-2H3,(H,17,21). The second-order valence-electron chi connectivity index (χ2n) is 5.81. The van der Waals surface area contributed by atoms with Crippen molar-refractivity contribution in [2.24, 2.45) is 7.05 Å². The number of carbonyl (C=O) groups excluding carboxylic acids is 1. The van der Waals surface area contributed by atoms with E-state index in [9.17, 15) is 9.59 Å². The van der Waals surface area contributed by atoms with Gasteiger partial charge in [0, 0.05) is 37.1 Å². The molecule has 0 spiro atoms. The maximum atomic E-state index is 12.7. The highest BCUT2D eigenvalue weighted by molar-refractivity contribution is 5.93. The Hall–Kier alpha value is -2.37. The van der Waals surface area contributed by atoms with Crippen LogP contribution in [0.3, 0.4) is 0 Å². The first kappa shape index (κ1) is 14.6. The number of pyridine rings is 1. The Morgan fingerprint density at radius 1 is 1.36 bits per heavy atom. The molecule has 1 aliphatic rings. The van der Waals surface area contributed by atoms with Gasteiger partial charge in [0.15, 0.2) is 5.69 Å². The van der Waals surface area contributed by atoms with Crippen molar-refractivity contribution in [3.8, 4) is 0 Å². The zero-order valence-electron chi connectivity index (χ0n) is 12.9. The Morgan fingerprint density at radius 3 is 2.91 bits per heavy atom. The van der Waals surface area contributed by atoms with Crippen LogP contribution in [0.4, 0.5) is 0 Å². The van der Waals surface area contributed by atoms with Gasteiger partial charge in [-0.3, -0.25) is 14.3 Å². The highest BCUT2D eigenvalue weighted by Crippen LogP contribution is 2.24. The largest absolute Gasteiger partial charge is 0.334 e. The van der Waals surface area contributed by atoms with Crippen molar-refractivity contribution in [1.29, 1.82) is 0 Å². The number of nitrogens with one attached hydrogen (secondary N) is 1. The van der Waals surface area contributed by atoms with Gasteiger partial charge in [0.2, 0.25) is 5.56 Å². The highest BCUT2D eigenvalue weighted by Gasteiger charge is 2.25. The van der Waals surface area contributed by atoms with Crippen LogP contribution in [-0.4, -0.2) is 32.6 Å². The lowest BCUT2D eigenvalue weighted by Gasteiger charge is -2.17. The Morgan fingerprint density at radius 2 is 2.14 bits per heavy atom. The minimum atomic E-state index is -0.159. The molecule has 1 N–H and O–H groups in total. The molecule has 0 unspecified atom stereocenters. The van der Waals surface area contributed by atoms with Crippen LogP contribution in [-0.2, 0) is 26.4 Å². The maximum absolute atomic E-state index is 12.7. The van der Waals surface area contributed by atoms with Gasteiger partial charge in [-0.2, -0.15) is 5.10 Å². The number of carbonyl (C=O) groups is 1. The van der Waals surface area contributed by atoms with E-state index in [1.165, 1.54) is 11.8 Å². The molecular weight excluding hydrogens is 280 g/mol. The average molecular weight is 300 g/mol. The van der Waals surface area contributed by atoms with Crippen LogP contribution >= 0.6 is 0 Å². The number of hydrogen-bond donors (Lipinski definition) is 1. The third kappa shape index (κ3) is 2.68. The lowest BCUT2D eigenvalue weighted by atomic mass is 9.95. The summed E-state index contributed by atoms with van der Waals surface area (Å²) in [6.07, 6.45) is 4.16. The highest BCUT2D eigenvalue weighted by atomic mass is 16.2. The van der Waals surface area contributed by atoms with E-state index >= 15 is 0 Å². The molecule has 1 aliphatic carbocycles. The summed E-state index contributed by atoms with van der Waals surface area (Å²) in [6.45, 7) is 0.361. The van der Waals surface area contributed by atoms with E-state index in [0.29, 0.717) is 17.9 Å². The third-order valence-electron chi connectivity index (χ3n) is 4.15. The fraction of sp³-hybridized carbons (Fsp3) is 0.438. The quantitative estimate of drug-likeness (QED) is 0.927. The van der Waals surface area contributed by atoms with Gasteiger partial charge in [0.1, 0.15) is 0 Å². The monoisotopic (exact) mass is 300 g/mol. The number of fused-ring (bicyclic) bond motifs is 1. The molecule has 0 atom stereocenters. The average Bonchev–Trinajstić information content (AvgIpc) is 2.84. The number of rotatable bonds is 3. The summed E-state index contributed by atoms with van der Waals surface area (Å²) in [6, 6.07) is 4.95. The molecule has 3 rings (SSSR count). The molecule has 1 amide bonds. The van der Waals surface area contributed by atoms with Crippen LogP contribution in [0.5, 0.6) is 0 Å². The minimum Gasteiger partial charge on any atom is -0.334 e. The van der Waals surface area contributed by atoms with Crippen LogP contribution in [0.2, 0.25) is 0 Å². The van der Waals surface area contributed by atoms with Gasteiger partial charge in [-0.1, -0.05) is 6.07 Å². The molecule has 6 heteroatoms. The summed E-state index contributed by atoms with van der Waals surface area (Å²) in [4.78, 5) is 28.3. The molecular formula is C16H20N4O2. The first-order valence-corrected chi connectivity index (χ1v) is 7.54. The Labute approximate surface area is 128 Å². The van der Waals surface area contributed by atoms with Crippen molar-refractivity contribution in [3.05, 3.63) is 51.2 Å². The van der Waals surface area contributed by atoms with Gasteiger partial charge < -0.3 is 9.88 Å². The summed E-state index contributed by atoms with van der Waals surface area (Å²) >= 11 is 0. The summed E-state index contributed by atoms with van der Waals surface area (Å²) in [5.74, 6) is -0.0940. The smallest absolute Gasteiger partial charge is 0.274 e. The number of aromatic nitrogens is 3.